The maximum atomic E-state index is 14.5. The molecule has 0 radical (unpaired) electrons. The SMILES string of the molecule is CC1(C)[C@H](F)[C@@H](CO)O[C@H]1c1cc(C(N)=O)c2c(N)ncnn12. The van der Waals surface area contributed by atoms with Gasteiger partial charge in [0, 0.05) is 5.41 Å². The molecule has 8 nitrogen and oxygen atoms in total. The largest absolute Gasteiger partial charge is 0.394 e. The number of rotatable bonds is 3. The van der Waals surface area contributed by atoms with Gasteiger partial charge in [-0.25, -0.2) is 13.9 Å². The molecular formula is C14H18FN5O3. The van der Waals surface area contributed by atoms with Gasteiger partial charge in [-0.1, -0.05) is 13.8 Å². The molecular weight excluding hydrogens is 305 g/mol. The van der Waals surface area contributed by atoms with Crippen LogP contribution < -0.4 is 11.5 Å². The number of hydrogen-bond acceptors (Lipinski definition) is 6. The summed E-state index contributed by atoms with van der Waals surface area (Å²) in [7, 11) is 0. The van der Waals surface area contributed by atoms with Crippen molar-refractivity contribution in [2.75, 3.05) is 12.3 Å². The third-order valence-electron chi connectivity index (χ3n) is 4.35. The number of aliphatic hydroxyl groups is 1. The monoisotopic (exact) mass is 323 g/mol. The van der Waals surface area contributed by atoms with Gasteiger partial charge in [-0.2, -0.15) is 5.10 Å². The first-order valence-corrected chi connectivity index (χ1v) is 7.11. The Bertz CT molecular complexity index is 775. The van der Waals surface area contributed by atoms with Crippen LogP contribution in [0.2, 0.25) is 0 Å². The fraction of sp³-hybridized carbons (Fsp3) is 0.500. The molecule has 9 heteroatoms. The fourth-order valence-electron chi connectivity index (χ4n) is 3.10. The molecule has 1 aliphatic heterocycles. The molecule has 1 aliphatic rings. The van der Waals surface area contributed by atoms with Crippen LogP contribution in [0.1, 0.15) is 36.0 Å². The van der Waals surface area contributed by atoms with Crippen LogP contribution in [0.4, 0.5) is 10.2 Å². The van der Waals surface area contributed by atoms with Gasteiger partial charge in [-0.05, 0) is 6.07 Å². The molecule has 5 N–H and O–H groups in total. The van der Waals surface area contributed by atoms with Crippen molar-refractivity contribution in [2.24, 2.45) is 11.1 Å². The molecule has 3 rings (SSSR count). The molecule has 0 aliphatic carbocycles. The number of ether oxygens (including phenoxy) is 1. The van der Waals surface area contributed by atoms with Gasteiger partial charge in [0.2, 0.25) is 0 Å². The van der Waals surface area contributed by atoms with Crippen molar-refractivity contribution in [2.45, 2.75) is 32.2 Å². The summed E-state index contributed by atoms with van der Waals surface area (Å²) in [5, 5.41) is 13.4. The Morgan fingerprint density at radius 1 is 1.57 bits per heavy atom. The highest BCUT2D eigenvalue weighted by molar-refractivity contribution is 6.02. The van der Waals surface area contributed by atoms with E-state index < -0.39 is 36.3 Å². The lowest BCUT2D eigenvalue weighted by atomic mass is 9.81. The second kappa shape index (κ2) is 5.14. The lowest BCUT2D eigenvalue weighted by molar-refractivity contribution is -0.0142. The Morgan fingerprint density at radius 2 is 2.26 bits per heavy atom. The van der Waals surface area contributed by atoms with Crippen molar-refractivity contribution in [3.63, 3.8) is 0 Å². The Balaban J connectivity index is 2.21. The van der Waals surface area contributed by atoms with E-state index in [1.165, 1.54) is 16.9 Å². The molecule has 0 unspecified atom stereocenters. The fourth-order valence-corrected chi connectivity index (χ4v) is 3.10. The Labute approximate surface area is 131 Å². The summed E-state index contributed by atoms with van der Waals surface area (Å²) < 4.78 is 21.6. The van der Waals surface area contributed by atoms with Crippen LogP contribution in [0, 0.1) is 5.41 Å². The van der Waals surface area contributed by atoms with Crippen molar-refractivity contribution in [1.29, 1.82) is 0 Å². The maximum Gasteiger partial charge on any atom is 0.251 e. The first-order valence-electron chi connectivity index (χ1n) is 7.11. The van der Waals surface area contributed by atoms with E-state index in [2.05, 4.69) is 10.1 Å². The van der Waals surface area contributed by atoms with Crippen LogP contribution in [-0.2, 0) is 4.74 Å². The van der Waals surface area contributed by atoms with Gasteiger partial charge >= 0.3 is 0 Å². The number of nitrogens with zero attached hydrogens (tertiary/aromatic N) is 3. The minimum absolute atomic E-state index is 0.0892. The summed E-state index contributed by atoms with van der Waals surface area (Å²) in [4.78, 5) is 15.5. The first-order chi connectivity index (χ1) is 10.8. The van der Waals surface area contributed by atoms with Crippen LogP contribution >= 0.6 is 0 Å². The minimum Gasteiger partial charge on any atom is -0.394 e. The van der Waals surface area contributed by atoms with Crippen LogP contribution in [0.15, 0.2) is 12.4 Å². The van der Waals surface area contributed by atoms with E-state index >= 15 is 0 Å². The average Bonchev–Trinajstić information content (AvgIpc) is 2.97. The second-order valence-electron chi connectivity index (χ2n) is 6.21. The predicted molar refractivity (Wildman–Crippen MR) is 79.3 cm³/mol. The number of carbonyl (C=O) groups excluding carboxylic acids is 1. The molecule has 23 heavy (non-hydrogen) atoms. The Kier molecular flexibility index (Phi) is 3.49. The zero-order chi connectivity index (χ0) is 16.9. The third kappa shape index (κ3) is 2.15. The lowest BCUT2D eigenvalue weighted by Gasteiger charge is -2.26. The molecule has 3 atom stereocenters. The molecule has 2 aromatic rings. The zero-order valence-electron chi connectivity index (χ0n) is 12.7. The second-order valence-corrected chi connectivity index (χ2v) is 6.21. The number of carbonyl (C=O) groups is 1. The summed E-state index contributed by atoms with van der Waals surface area (Å²) >= 11 is 0. The van der Waals surface area contributed by atoms with E-state index in [9.17, 15) is 14.3 Å². The van der Waals surface area contributed by atoms with Gasteiger partial charge < -0.3 is 21.3 Å². The molecule has 3 heterocycles. The summed E-state index contributed by atoms with van der Waals surface area (Å²) in [5.41, 5.74) is 11.1. The summed E-state index contributed by atoms with van der Waals surface area (Å²) in [6.45, 7) is 2.93. The zero-order valence-corrected chi connectivity index (χ0v) is 12.7. The highest BCUT2D eigenvalue weighted by Gasteiger charge is 2.52. The van der Waals surface area contributed by atoms with E-state index in [0.29, 0.717) is 5.69 Å². The van der Waals surface area contributed by atoms with Crippen LogP contribution in [0.25, 0.3) is 5.52 Å². The molecule has 0 bridgehead atoms. The number of hydrogen-bond donors (Lipinski definition) is 3. The molecule has 1 amide bonds. The van der Waals surface area contributed by atoms with E-state index in [1.807, 2.05) is 0 Å². The third-order valence-corrected chi connectivity index (χ3v) is 4.35. The molecule has 0 saturated carbocycles. The number of aliphatic hydroxyl groups excluding tert-OH is 1. The number of primary amides is 1. The van der Waals surface area contributed by atoms with Gasteiger partial charge in [0.25, 0.3) is 5.91 Å². The summed E-state index contributed by atoms with van der Waals surface area (Å²) in [6.07, 6.45) is -1.82. The Morgan fingerprint density at radius 3 is 2.83 bits per heavy atom. The standard InChI is InChI=1S/C14H18FN5O3/c1-14(2)10(15)8(4-21)23-11(14)7-3-6(13(17)22)9-12(16)18-5-19-20(7)9/h3,5,8,10-11,21H,4H2,1-2H3,(H2,17,22)(H2,16,18,19)/t8-,10-,11+/m1/s1. The highest BCUT2D eigenvalue weighted by atomic mass is 19.1. The van der Waals surface area contributed by atoms with Gasteiger partial charge in [0.05, 0.1) is 17.9 Å². The van der Waals surface area contributed by atoms with Crippen LogP contribution in [0.3, 0.4) is 0 Å². The maximum absolute atomic E-state index is 14.5. The quantitative estimate of drug-likeness (QED) is 0.740. The number of nitrogen functional groups attached to an aromatic ring is 1. The van der Waals surface area contributed by atoms with Crippen molar-refractivity contribution >= 4 is 17.2 Å². The summed E-state index contributed by atoms with van der Waals surface area (Å²) in [6, 6.07) is 1.49. The van der Waals surface area contributed by atoms with Gasteiger partial charge in [0.1, 0.15) is 30.2 Å². The molecule has 1 saturated heterocycles. The Hall–Kier alpha value is -2.26. The number of amides is 1. The molecule has 1 fully saturated rings. The van der Waals surface area contributed by atoms with Crippen molar-refractivity contribution < 1.29 is 19.0 Å². The lowest BCUT2D eigenvalue weighted by Crippen LogP contribution is -2.31. The number of anilines is 1. The molecule has 2 aromatic heterocycles. The number of aromatic nitrogens is 3. The normalized spacial score (nSPS) is 26.7. The summed E-state index contributed by atoms with van der Waals surface area (Å²) in [5.74, 6) is -0.604. The van der Waals surface area contributed by atoms with Crippen molar-refractivity contribution in [1.82, 2.24) is 14.6 Å². The van der Waals surface area contributed by atoms with E-state index in [4.69, 9.17) is 16.2 Å². The minimum atomic E-state index is -1.38. The van der Waals surface area contributed by atoms with E-state index in [-0.39, 0.29) is 16.9 Å². The van der Waals surface area contributed by atoms with Crippen molar-refractivity contribution in [3.8, 4) is 0 Å². The van der Waals surface area contributed by atoms with Gasteiger partial charge in [0.15, 0.2) is 5.82 Å². The number of halogens is 1. The number of fused-ring (bicyclic) bond motifs is 1. The number of alkyl halides is 1. The average molecular weight is 323 g/mol. The molecule has 0 spiro atoms. The molecule has 124 valence electrons. The van der Waals surface area contributed by atoms with E-state index in [1.54, 1.807) is 13.8 Å². The number of nitrogens with two attached hydrogens (primary N) is 2. The van der Waals surface area contributed by atoms with E-state index in [0.717, 1.165) is 0 Å². The van der Waals surface area contributed by atoms with Crippen LogP contribution in [0.5, 0.6) is 0 Å². The first kappa shape index (κ1) is 15.6. The molecule has 0 aromatic carbocycles. The van der Waals surface area contributed by atoms with Gasteiger partial charge in [-0.3, -0.25) is 4.79 Å². The topological polar surface area (TPSA) is 129 Å². The van der Waals surface area contributed by atoms with Crippen molar-refractivity contribution in [3.05, 3.63) is 23.7 Å². The van der Waals surface area contributed by atoms with Gasteiger partial charge in [-0.15, -0.1) is 0 Å². The predicted octanol–water partition coefficient (Wildman–Crippen LogP) is 0.207. The van der Waals surface area contributed by atoms with Crippen LogP contribution in [-0.4, -0.2) is 44.5 Å². The smallest absolute Gasteiger partial charge is 0.251 e. The highest BCUT2D eigenvalue weighted by Crippen LogP contribution is 2.49.